The first-order chi connectivity index (χ1) is 13.5. The van der Waals surface area contributed by atoms with Crippen LogP contribution in [0.3, 0.4) is 0 Å². The van der Waals surface area contributed by atoms with Crippen LogP contribution in [-0.2, 0) is 0 Å². The van der Waals surface area contributed by atoms with Crippen LogP contribution in [0.4, 0.5) is 11.5 Å². The van der Waals surface area contributed by atoms with Gasteiger partial charge in [-0.2, -0.15) is 0 Å². The van der Waals surface area contributed by atoms with Crippen LogP contribution in [0, 0.1) is 0 Å². The number of hydrogen-bond acceptors (Lipinski definition) is 5. The monoisotopic (exact) mass is 377 g/mol. The average Bonchev–Trinajstić information content (AvgIpc) is 2.73. The molecule has 0 spiro atoms. The molecule has 0 radical (unpaired) electrons. The molecule has 1 aromatic heterocycles. The zero-order valence-corrected chi connectivity index (χ0v) is 16.4. The number of methoxy groups -OCH3 is 2. The first-order valence-electron chi connectivity index (χ1n) is 8.80. The standard InChI is InChI=1S/C22H23N3O3/c1-25(2)21-18(22(26)23-15-8-7-9-16(14-15)27-3)12-13-19(24-21)17-10-5-6-11-20(17)28-4/h5-14H,1-4H3,(H,23,26). The Balaban J connectivity index is 1.96. The molecule has 0 bridgehead atoms. The minimum Gasteiger partial charge on any atom is -0.497 e. The van der Waals surface area contributed by atoms with E-state index in [1.165, 1.54) is 0 Å². The molecule has 144 valence electrons. The van der Waals surface area contributed by atoms with E-state index in [9.17, 15) is 4.79 Å². The van der Waals surface area contributed by atoms with Gasteiger partial charge in [0.05, 0.1) is 25.5 Å². The number of nitrogens with zero attached hydrogens (tertiary/aromatic N) is 2. The van der Waals surface area contributed by atoms with E-state index in [1.807, 2.05) is 67.5 Å². The van der Waals surface area contributed by atoms with Crippen molar-refractivity contribution in [2.75, 3.05) is 38.5 Å². The highest BCUT2D eigenvalue weighted by atomic mass is 16.5. The van der Waals surface area contributed by atoms with Gasteiger partial charge in [0.15, 0.2) is 0 Å². The Kier molecular flexibility index (Phi) is 5.79. The molecule has 0 saturated heterocycles. The summed E-state index contributed by atoms with van der Waals surface area (Å²) in [6.07, 6.45) is 0. The Morgan fingerprint density at radius 1 is 0.964 bits per heavy atom. The number of anilines is 2. The molecule has 1 heterocycles. The smallest absolute Gasteiger partial charge is 0.259 e. The highest BCUT2D eigenvalue weighted by molar-refractivity contribution is 6.07. The lowest BCUT2D eigenvalue weighted by atomic mass is 10.1. The molecule has 0 atom stereocenters. The molecule has 2 aromatic carbocycles. The zero-order valence-electron chi connectivity index (χ0n) is 16.4. The number of para-hydroxylation sites is 1. The van der Waals surface area contributed by atoms with Gasteiger partial charge >= 0.3 is 0 Å². The van der Waals surface area contributed by atoms with Gasteiger partial charge in [0, 0.05) is 31.4 Å². The molecule has 1 amide bonds. The summed E-state index contributed by atoms with van der Waals surface area (Å²) < 4.78 is 10.6. The fraction of sp³-hybridized carbons (Fsp3) is 0.182. The van der Waals surface area contributed by atoms with Crippen LogP contribution in [0.15, 0.2) is 60.7 Å². The Bertz CT molecular complexity index is 986. The van der Waals surface area contributed by atoms with Crippen LogP contribution in [-0.4, -0.2) is 39.2 Å². The van der Waals surface area contributed by atoms with E-state index in [0.29, 0.717) is 22.8 Å². The molecule has 28 heavy (non-hydrogen) atoms. The number of hydrogen-bond donors (Lipinski definition) is 1. The maximum absolute atomic E-state index is 12.9. The van der Waals surface area contributed by atoms with Crippen molar-refractivity contribution in [2.45, 2.75) is 0 Å². The summed E-state index contributed by atoms with van der Waals surface area (Å²) in [7, 11) is 6.93. The van der Waals surface area contributed by atoms with Gasteiger partial charge < -0.3 is 19.7 Å². The van der Waals surface area contributed by atoms with Crippen LogP contribution < -0.4 is 19.7 Å². The SMILES string of the molecule is COc1cccc(NC(=O)c2ccc(-c3ccccc3OC)nc2N(C)C)c1. The van der Waals surface area contributed by atoms with Crippen LogP contribution in [0.25, 0.3) is 11.3 Å². The summed E-state index contributed by atoms with van der Waals surface area (Å²) in [4.78, 5) is 19.4. The molecule has 0 aliphatic carbocycles. The molecule has 0 saturated carbocycles. The average molecular weight is 377 g/mol. The molecule has 3 rings (SSSR count). The number of nitrogens with one attached hydrogen (secondary N) is 1. The van der Waals surface area contributed by atoms with Crippen LogP contribution in [0.1, 0.15) is 10.4 Å². The van der Waals surface area contributed by atoms with Crippen molar-refractivity contribution in [1.82, 2.24) is 4.98 Å². The second kappa shape index (κ2) is 8.43. The van der Waals surface area contributed by atoms with Gasteiger partial charge in [-0.15, -0.1) is 0 Å². The zero-order chi connectivity index (χ0) is 20.1. The van der Waals surface area contributed by atoms with E-state index in [0.717, 1.165) is 17.0 Å². The van der Waals surface area contributed by atoms with Gasteiger partial charge in [-0.3, -0.25) is 4.79 Å². The van der Waals surface area contributed by atoms with Crippen LogP contribution in [0.5, 0.6) is 11.5 Å². The first-order valence-corrected chi connectivity index (χ1v) is 8.80. The molecule has 3 aromatic rings. The van der Waals surface area contributed by atoms with Crippen molar-refractivity contribution >= 4 is 17.4 Å². The molecule has 6 heteroatoms. The highest BCUT2D eigenvalue weighted by Crippen LogP contribution is 2.31. The maximum atomic E-state index is 12.9. The molecule has 0 unspecified atom stereocenters. The predicted molar refractivity (Wildman–Crippen MR) is 111 cm³/mol. The summed E-state index contributed by atoms with van der Waals surface area (Å²) in [5.74, 6) is 1.74. The minimum absolute atomic E-state index is 0.240. The summed E-state index contributed by atoms with van der Waals surface area (Å²) in [5, 5.41) is 2.90. The summed E-state index contributed by atoms with van der Waals surface area (Å²) in [6, 6.07) is 18.5. The highest BCUT2D eigenvalue weighted by Gasteiger charge is 2.17. The van der Waals surface area contributed by atoms with Gasteiger partial charge in [0.2, 0.25) is 0 Å². The number of carbonyl (C=O) groups excluding carboxylic acids is 1. The Morgan fingerprint density at radius 2 is 1.75 bits per heavy atom. The second-order valence-corrected chi connectivity index (χ2v) is 6.35. The molecule has 6 nitrogen and oxygen atoms in total. The summed E-state index contributed by atoms with van der Waals surface area (Å²) in [5.41, 5.74) is 2.74. The third-order valence-electron chi connectivity index (χ3n) is 4.25. The van der Waals surface area contributed by atoms with Gasteiger partial charge in [0.25, 0.3) is 5.91 Å². The van der Waals surface area contributed by atoms with Crippen molar-refractivity contribution in [2.24, 2.45) is 0 Å². The third-order valence-corrected chi connectivity index (χ3v) is 4.25. The van der Waals surface area contributed by atoms with Gasteiger partial charge in [0.1, 0.15) is 17.3 Å². The lowest BCUT2D eigenvalue weighted by Gasteiger charge is -2.18. The number of ether oxygens (including phenoxy) is 2. The Morgan fingerprint density at radius 3 is 2.46 bits per heavy atom. The van der Waals surface area contributed by atoms with Crippen molar-refractivity contribution in [1.29, 1.82) is 0 Å². The molecular weight excluding hydrogens is 354 g/mol. The number of benzene rings is 2. The topological polar surface area (TPSA) is 63.7 Å². The number of pyridine rings is 1. The second-order valence-electron chi connectivity index (χ2n) is 6.35. The fourth-order valence-electron chi connectivity index (χ4n) is 2.87. The quantitative estimate of drug-likeness (QED) is 0.701. The number of rotatable bonds is 6. The maximum Gasteiger partial charge on any atom is 0.259 e. The fourth-order valence-corrected chi connectivity index (χ4v) is 2.87. The van der Waals surface area contributed by atoms with E-state index in [4.69, 9.17) is 14.5 Å². The lowest BCUT2D eigenvalue weighted by molar-refractivity contribution is 0.102. The van der Waals surface area contributed by atoms with E-state index in [-0.39, 0.29) is 5.91 Å². The number of aromatic nitrogens is 1. The van der Waals surface area contributed by atoms with Crippen molar-refractivity contribution in [3.63, 3.8) is 0 Å². The number of carbonyl (C=O) groups is 1. The van der Waals surface area contributed by atoms with Gasteiger partial charge in [-0.25, -0.2) is 4.98 Å². The van der Waals surface area contributed by atoms with Crippen LogP contribution >= 0.6 is 0 Å². The van der Waals surface area contributed by atoms with Gasteiger partial charge in [-0.1, -0.05) is 18.2 Å². The number of amides is 1. The lowest BCUT2D eigenvalue weighted by Crippen LogP contribution is -2.20. The van der Waals surface area contributed by atoms with Crippen molar-refractivity contribution < 1.29 is 14.3 Å². The Labute approximate surface area is 164 Å². The largest absolute Gasteiger partial charge is 0.497 e. The van der Waals surface area contributed by atoms with E-state index in [1.54, 1.807) is 26.4 Å². The molecule has 0 aliphatic heterocycles. The molecule has 1 N–H and O–H groups in total. The minimum atomic E-state index is -0.240. The summed E-state index contributed by atoms with van der Waals surface area (Å²) in [6.45, 7) is 0. The van der Waals surface area contributed by atoms with E-state index in [2.05, 4.69) is 5.32 Å². The summed E-state index contributed by atoms with van der Waals surface area (Å²) >= 11 is 0. The Hall–Kier alpha value is -3.54. The van der Waals surface area contributed by atoms with Crippen molar-refractivity contribution in [3.05, 3.63) is 66.2 Å². The molecule has 0 aliphatic rings. The van der Waals surface area contributed by atoms with E-state index < -0.39 is 0 Å². The predicted octanol–water partition coefficient (Wildman–Crippen LogP) is 4.08. The van der Waals surface area contributed by atoms with Crippen molar-refractivity contribution in [3.8, 4) is 22.8 Å². The molecular formula is C22H23N3O3. The molecule has 0 fully saturated rings. The van der Waals surface area contributed by atoms with Crippen LogP contribution in [0.2, 0.25) is 0 Å². The normalized spacial score (nSPS) is 10.3. The third kappa shape index (κ3) is 4.06. The van der Waals surface area contributed by atoms with E-state index >= 15 is 0 Å². The van der Waals surface area contributed by atoms with Gasteiger partial charge in [-0.05, 0) is 36.4 Å². The first kappa shape index (κ1) is 19.2.